The molecule has 0 saturated carbocycles. The Morgan fingerprint density at radius 2 is 1.46 bits per heavy atom. The topological polar surface area (TPSA) is 52.6 Å². The summed E-state index contributed by atoms with van der Waals surface area (Å²) in [5.74, 6) is 0. The molecule has 0 radical (unpaired) electrons. The molecule has 4 nitrogen and oxygen atoms in total. The van der Waals surface area contributed by atoms with Crippen molar-refractivity contribution < 1.29 is 9.90 Å². The number of rotatable bonds is 14. The van der Waals surface area contributed by atoms with Crippen LogP contribution in [0, 0.1) is 5.41 Å². The number of carbonyl (C=O) groups is 1. The lowest BCUT2D eigenvalue weighted by atomic mass is 9.62. The quantitative estimate of drug-likeness (QED) is 0.392. The summed E-state index contributed by atoms with van der Waals surface area (Å²) in [6.45, 7) is 12.0. The van der Waals surface area contributed by atoms with Crippen LogP contribution in [0.2, 0.25) is 0 Å². The summed E-state index contributed by atoms with van der Waals surface area (Å²) in [6.07, 6.45) is 13.6. The van der Waals surface area contributed by atoms with Gasteiger partial charge in [0.1, 0.15) is 0 Å². The van der Waals surface area contributed by atoms with E-state index in [1.54, 1.807) is 0 Å². The van der Waals surface area contributed by atoms with Crippen LogP contribution < -0.4 is 5.32 Å². The highest BCUT2D eigenvalue weighted by molar-refractivity contribution is 5.64. The Labute approximate surface area is 162 Å². The van der Waals surface area contributed by atoms with Crippen molar-refractivity contribution in [3.05, 3.63) is 0 Å². The van der Waals surface area contributed by atoms with Gasteiger partial charge >= 0.3 is 6.09 Å². The van der Waals surface area contributed by atoms with Crippen LogP contribution in [0.4, 0.5) is 4.79 Å². The van der Waals surface area contributed by atoms with Gasteiger partial charge in [-0.15, -0.1) is 0 Å². The molecule has 0 aliphatic carbocycles. The number of hydrogen-bond acceptors (Lipinski definition) is 2. The van der Waals surface area contributed by atoms with Gasteiger partial charge in [0.25, 0.3) is 0 Å². The number of amides is 1. The van der Waals surface area contributed by atoms with Crippen LogP contribution in [0.25, 0.3) is 0 Å². The van der Waals surface area contributed by atoms with Crippen molar-refractivity contribution in [2.45, 2.75) is 110 Å². The van der Waals surface area contributed by atoms with Gasteiger partial charge < -0.3 is 10.4 Å². The van der Waals surface area contributed by atoms with E-state index in [0.717, 1.165) is 19.4 Å². The van der Waals surface area contributed by atoms with Crippen molar-refractivity contribution >= 4 is 6.09 Å². The zero-order valence-electron chi connectivity index (χ0n) is 17.9. The summed E-state index contributed by atoms with van der Waals surface area (Å²) in [7, 11) is 0. The van der Waals surface area contributed by atoms with Crippen LogP contribution in [-0.4, -0.2) is 41.3 Å². The average Bonchev–Trinajstić information content (AvgIpc) is 2.93. The lowest BCUT2D eigenvalue weighted by molar-refractivity contribution is 0.00473. The van der Waals surface area contributed by atoms with E-state index in [0.29, 0.717) is 6.54 Å². The molecular formula is C22H44N2O2. The summed E-state index contributed by atoms with van der Waals surface area (Å²) in [5.41, 5.74) is 0.269. The normalized spacial score (nSPS) is 22.6. The maximum Gasteiger partial charge on any atom is 0.404 e. The Balaban J connectivity index is 3.24. The fourth-order valence-corrected chi connectivity index (χ4v) is 5.17. The standard InChI is InChI=1S/C22H44N2O2/c1-5-9-13-21(19-23-20(25)26)16-18-24(17-12-8-4)22(21,14-10-6-2)15-11-7-3/h23H,5-19H2,1-4H3,(H,25,26)/t21-/m1/s1. The van der Waals surface area contributed by atoms with Crippen molar-refractivity contribution in [3.63, 3.8) is 0 Å². The smallest absolute Gasteiger partial charge is 0.404 e. The molecule has 1 fully saturated rings. The van der Waals surface area contributed by atoms with E-state index in [2.05, 4.69) is 37.9 Å². The highest BCUT2D eigenvalue weighted by Gasteiger charge is 2.56. The first-order valence-electron chi connectivity index (χ1n) is 11.2. The molecule has 1 saturated heterocycles. The Kier molecular flexibility index (Phi) is 10.6. The molecule has 0 spiro atoms. The number of likely N-dealkylation sites (tertiary alicyclic amines) is 1. The molecule has 0 aromatic rings. The van der Waals surface area contributed by atoms with Gasteiger partial charge in [0.2, 0.25) is 0 Å². The van der Waals surface area contributed by atoms with Crippen LogP contribution in [-0.2, 0) is 0 Å². The van der Waals surface area contributed by atoms with E-state index in [9.17, 15) is 9.90 Å². The third-order valence-electron chi connectivity index (χ3n) is 6.71. The molecule has 1 aliphatic heterocycles. The summed E-state index contributed by atoms with van der Waals surface area (Å²) < 4.78 is 0. The first-order chi connectivity index (χ1) is 12.5. The molecule has 2 N–H and O–H groups in total. The molecule has 1 amide bonds. The third kappa shape index (κ3) is 5.61. The number of carboxylic acid groups (broad SMARTS) is 1. The lowest BCUT2D eigenvalue weighted by Gasteiger charge is -2.51. The van der Waals surface area contributed by atoms with Crippen molar-refractivity contribution in [2.24, 2.45) is 5.41 Å². The van der Waals surface area contributed by atoms with Crippen LogP contribution >= 0.6 is 0 Å². The van der Waals surface area contributed by atoms with E-state index in [1.807, 2.05) is 0 Å². The van der Waals surface area contributed by atoms with Crippen molar-refractivity contribution in [3.8, 4) is 0 Å². The number of nitrogens with one attached hydrogen (secondary N) is 1. The third-order valence-corrected chi connectivity index (χ3v) is 6.71. The first kappa shape index (κ1) is 23.3. The fraction of sp³-hybridized carbons (Fsp3) is 0.955. The minimum absolute atomic E-state index is 0.0967. The molecule has 26 heavy (non-hydrogen) atoms. The van der Waals surface area contributed by atoms with Crippen LogP contribution in [0.3, 0.4) is 0 Å². The number of unbranched alkanes of at least 4 members (excludes halogenated alkanes) is 4. The van der Waals surface area contributed by atoms with Gasteiger partial charge in [-0.25, -0.2) is 4.79 Å². The van der Waals surface area contributed by atoms with Gasteiger partial charge in [-0.2, -0.15) is 0 Å². The van der Waals surface area contributed by atoms with E-state index in [-0.39, 0.29) is 11.0 Å². The van der Waals surface area contributed by atoms with E-state index in [1.165, 1.54) is 70.8 Å². The highest BCUT2D eigenvalue weighted by Crippen LogP contribution is 2.54. The summed E-state index contributed by atoms with van der Waals surface area (Å²) in [4.78, 5) is 14.1. The second-order valence-electron chi connectivity index (χ2n) is 8.37. The molecule has 1 aliphatic rings. The Bertz CT molecular complexity index is 392. The SMILES string of the molecule is CCCCN1CC[C@](CCCC)(CNC(=O)O)C1(CCCC)CCCC. The molecule has 0 aromatic heterocycles. The van der Waals surface area contributed by atoms with Gasteiger partial charge in [-0.3, -0.25) is 4.90 Å². The summed E-state index contributed by atoms with van der Waals surface area (Å²) >= 11 is 0. The Morgan fingerprint density at radius 1 is 0.923 bits per heavy atom. The molecule has 154 valence electrons. The van der Waals surface area contributed by atoms with E-state index >= 15 is 0 Å². The van der Waals surface area contributed by atoms with Gasteiger partial charge in [0.15, 0.2) is 0 Å². The zero-order chi connectivity index (χ0) is 19.5. The van der Waals surface area contributed by atoms with Crippen molar-refractivity contribution in [1.82, 2.24) is 10.2 Å². The first-order valence-corrected chi connectivity index (χ1v) is 11.2. The van der Waals surface area contributed by atoms with Crippen molar-refractivity contribution in [2.75, 3.05) is 19.6 Å². The summed E-state index contributed by atoms with van der Waals surface area (Å²) in [6, 6.07) is 0. The predicted molar refractivity (Wildman–Crippen MR) is 111 cm³/mol. The van der Waals surface area contributed by atoms with Gasteiger partial charge in [0.05, 0.1) is 0 Å². The molecule has 0 bridgehead atoms. The molecule has 0 aromatic carbocycles. The van der Waals surface area contributed by atoms with E-state index in [4.69, 9.17) is 0 Å². The van der Waals surface area contributed by atoms with Crippen LogP contribution in [0.15, 0.2) is 0 Å². The minimum atomic E-state index is -0.868. The molecule has 4 heteroatoms. The predicted octanol–water partition coefficient (Wildman–Crippen LogP) is 6.06. The van der Waals surface area contributed by atoms with Crippen LogP contribution in [0.5, 0.6) is 0 Å². The van der Waals surface area contributed by atoms with Crippen molar-refractivity contribution in [1.29, 1.82) is 0 Å². The maximum atomic E-state index is 11.3. The fourth-order valence-electron chi connectivity index (χ4n) is 5.17. The Morgan fingerprint density at radius 3 is 1.96 bits per heavy atom. The minimum Gasteiger partial charge on any atom is -0.465 e. The molecule has 1 heterocycles. The van der Waals surface area contributed by atoms with Gasteiger partial charge in [0, 0.05) is 17.5 Å². The zero-order valence-corrected chi connectivity index (χ0v) is 17.9. The number of nitrogens with zero attached hydrogens (tertiary/aromatic N) is 1. The number of hydrogen-bond donors (Lipinski definition) is 2. The summed E-state index contributed by atoms with van der Waals surface area (Å²) in [5, 5.41) is 12.1. The second kappa shape index (κ2) is 11.8. The highest BCUT2D eigenvalue weighted by atomic mass is 16.4. The molecular weight excluding hydrogens is 324 g/mol. The molecule has 1 atom stereocenters. The molecule has 1 rings (SSSR count). The maximum absolute atomic E-state index is 11.3. The largest absolute Gasteiger partial charge is 0.465 e. The van der Waals surface area contributed by atoms with Gasteiger partial charge in [-0.1, -0.05) is 72.6 Å². The van der Waals surface area contributed by atoms with E-state index < -0.39 is 6.09 Å². The van der Waals surface area contributed by atoms with Gasteiger partial charge in [-0.05, 0) is 45.2 Å². The van der Waals surface area contributed by atoms with Crippen LogP contribution in [0.1, 0.15) is 105 Å². The monoisotopic (exact) mass is 368 g/mol. The molecule has 0 unspecified atom stereocenters. The lowest BCUT2D eigenvalue weighted by Crippen LogP contribution is -2.58. The Hall–Kier alpha value is -0.770. The second-order valence-corrected chi connectivity index (χ2v) is 8.37. The average molecular weight is 369 g/mol.